The molecule has 0 aromatic heterocycles. The van der Waals surface area contributed by atoms with Gasteiger partial charge in [-0.05, 0) is 19.3 Å². The van der Waals surface area contributed by atoms with Gasteiger partial charge in [-0.3, -0.25) is 14.4 Å². The smallest absolute Gasteiger partial charge is 0.303 e. The minimum Gasteiger partial charge on any atom is -0.481 e. The summed E-state index contributed by atoms with van der Waals surface area (Å²) in [6, 6.07) is 0. The summed E-state index contributed by atoms with van der Waals surface area (Å²) in [4.78, 5) is 29.2. The molecule has 22 heavy (non-hydrogen) atoms. The average molecular weight is 320 g/mol. The van der Waals surface area contributed by atoms with Gasteiger partial charge in [-0.1, -0.05) is 46.5 Å². The number of aliphatic carboxylic acids is 3. The van der Waals surface area contributed by atoms with Crippen LogP contribution >= 0.6 is 0 Å². The first-order chi connectivity index (χ1) is 10.3. The molecule has 0 aliphatic rings. The molecule has 0 rings (SSSR count). The molecule has 0 aromatic rings. The summed E-state index contributed by atoms with van der Waals surface area (Å²) in [5.41, 5.74) is 0. The van der Waals surface area contributed by atoms with Crippen molar-refractivity contribution in [2.75, 3.05) is 0 Å². The zero-order valence-corrected chi connectivity index (χ0v) is 14.1. The first-order valence-corrected chi connectivity index (χ1v) is 7.97. The van der Waals surface area contributed by atoms with Crippen molar-refractivity contribution in [3.8, 4) is 0 Å². The summed E-state index contributed by atoms with van der Waals surface area (Å²) in [6.45, 7) is 5.83. The van der Waals surface area contributed by atoms with Gasteiger partial charge in [0.15, 0.2) is 0 Å². The fourth-order valence-electron chi connectivity index (χ4n) is 1.31. The Bertz CT molecular complexity index is 260. The lowest BCUT2D eigenvalue weighted by Crippen LogP contribution is -1.93. The highest BCUT2D eigenvalue weighted by molar-refractivity contribution is 5.67. The van der Waals surface area contributed by atoms with Crippen LogP contribution in [0.3, 0.4) is 0 Å². The molecule has 0 aromatic carbocycles. The van der Waals surface area contributed by atoms with E-state index in [0.29, 0.717) is 19.3 Å². The third-order valence-electron chi connectivity index (χ3n) is 2.42. The van der Waals surface area contributed by atoms with Gasteiger partial charge in [-0.15, -0.1) is 0 Å². The molecule has 0 bridgehead atoms. The van der Waals surface area contributed by atoms with E-state index in [1.54, 1.807) is 0 Å². The number of carboxylic acids is 3. The Morgan fingerprint density at radius 3 is 1.14 bits per heavy atom. The summed E-state index contributed by atoms with van der Waals surface area (Å²) >= 11 is 0. The van der Waals surface area contributed by atoms with E-state index in [-0.39, 0.29) is 0 Å². The fourth-order valence-corrected chi connectivity index (χ4v) is 1.31. The first-order valence-electron chi connectivity index (χ1n) is 7.97. The van der Waals surface area contributed by atoms with Crippen LogP contribution in [-0.2, 0) is 14.4 Å². The maximum Gasteiger partial charge on any atom is 0.303 e. The Morgan fingerprint density at radius 1 is 0.545 bits per heavy atom. The van der Waals surface area contributed by atoms with Crippen molar-refractivity contribution >= 4 is 17.9 Å². The van der Waals surface area contributed by atoms with E-state index in [4.69, 9.17) is 15.3 Å². The number of hydrogen-bond donors (Lipinski definition) is 3. The average Bonchev–Trinajstić information content (AvgIpc) is 2.39. The third kappa shape index (κ3) is 42.9. The van der Waals surface area contributed by atoms with Gasteiger partial charge in [-0.2, -0.15) is 0 Å². The third-order valence-corrected chi connectivity index (χ3v) is 2.42. The lowest BCUT2D eigenvalue weighted by molar-refractivity contribution is -0.138. The molecular formula is C16H32O6. The largest absolute Gasteiger partial charge is 0.481 e. The molecule has 0 aliphatic carbocycles. The van der Waals surface area contributed by atoms with Crippen LogP contribution in [0.1, 0.15) is 85.0 Å². The number of unbranched alkanes of at least 4 members (excludes halogenated alkanes) is 4. The second kappa shape index (κ2) is 21.7. The number of carboxylic acid groups (broad SMARTS) is 3. The van der Waals surface area contributed by atoms with Gasteiger partial charge in [-0.25, -0.2) is 0 Å². The van der Waals surface area contributed by atoms with Gasteiger partial charge < -0.3 is 15.3 Å². The predicted molar refractivity (Wildman–Crippen MR) is 86.1 cm³/mol. The van der Waals surface area contributed by atoms with Gasteiger partial charge in [0, 0.05) is 19.3 Å². The molecule has 6 heteroatoms. The van der Waals surface area contributed by atoms with Gasteiger partial charge >= 0.3 is 17.9 Å². The lowest BCUT2D eigenvalue weighted by atomic mass is 10.1. The fraction of sp³-hybridized carbons (Fsp3) is 0.812. The van der Waals surface area contributed by atoms with E-state index >= 15 is 0 Å². The SMILES string of the molecule is CCCC(=O)O.CCCC(=O)O.CCCCCCCC(=O)O. The molecule has 0 saturated carbocycles. The Balaban J connectivity index is -0.000000261. The summed E-state index contributed by atoms with van der Waals surface area (Å²) < 4.78 is 0. The standard InChI is InChI=1S/C8H16O2.2C4H8O2/c1-2-3-4-5-6-7-8(9)10;2*1-2-3-4(5)6/h2-7H2,1H3,(H,9,10);2*2-3H2,1H3,(H,5,6). The molecule has 0 fully saturated rings. The van der Waals surface area contributed by atoms with Crippen molar-refractivity contribution in [2.45, 2.75) is 85.0 Å². The van der Waals surface area contributed by atoms with E-state index < -0.39 is 17.9 Å². The second-order valence-electron chi connectivity index (χ2n) is 4.85. The normalized spacial score (nSPS) is 8.86. The lowest BCUT2D eigenvalue weighted by Gasteiger charge is -1.95. The van der Waals surface area contributed by atoms with Crippen molar-refractivity contribution in [3.05, 3.63) is 0 Å². The zero-order valence-electron chi connectivity index (χ0n) is 14.1. The number of hydrogen-bond acceptors (Lipinski definition) is 3. The van der Waals surface area contributed by atoms with Crippen LogP contribution in [0, 0.1) is 0 Å². The number of rotatable bonds is 10. The van der Waals surface area contributed by atoms with Crippen LogP contribution in [0.2, 0.25) is 0 Å². The summed E-state index contributed by atoms with van der Waals surface area (Å²) in [6.07, 6.45) is 7.93. The van der Waals surface area contributed by atoms with Gasteiger partial charge in [0.1, 0.15) is 0 Å². The monoisotopic (exact) mass is 320 g/mol. The molecule has 0 unspecified atom stereocenters. The topological polar surface area (TPSA) is 112 Å². The van der Waals surface area contributed by atoms with Crippen LogP contribution in [0.4, 0.5) is 0 Å². The Hall–Kier alpha value is -1.59. The highest BCUT2D eigenvalue weighted by Crippen LogP contribution is 2.04. The van der Waals surface area contributed by atoms with Crippen molar-refractivity contribution in [2.24, 2.45) is 0 Å². The molecule has 0 aliphatic heterocycles. The van der Waals surface area contributed by atoms with E-state index in [1.807, 2.05) is 13.8 Å². The molecule has 0 atom stereocenters. The molecule has 132 valence electrons. The summed E-state index contributed by atoms with van der Waals surface area (Å²) in [5, 5.41) is 24.1. The molecular weight excluding hydrogens is 288 g/mol. The van der Waals surface area contributed by atoms with E-state index in [0.717, 1.165) is 25.7 Å². The molecule has 0 spiro atoms. The Labute approximate surface area is 133 Å². The maximum absolute atomic E-state index is 10.0. The van der Waals surface area contributed by atoms with Crippen LogP contribution in [0.5, 0.6) is 0 Å². The summed E-state index contributed by atoms with van der Waals surface area (Å²) in [5.74, 6) is -2.09. The van der Waals surface area contributed by atoms with Crippen molar-refractivity contribution in [1.29, 1.82) is 0 Å². The number of carbonyl (C=O) groups is 3. The highest BCUT2D eigenvalue weighted by atomic mass is 16.4. The van der Waals surface area contributed by atoms with Gasteiger partial charge in [0.05, 0.1) is 0 Å². The van der Waals surface area contributed by atoms with Crippen molar-refractivity contribution in [3.63, 3.8) is 0 Å². The van der Waals surface area contributed by atoms with Crippen LogP contribution < -0.4 is 0 Å². The van der Waals surface area contributed by atoms with Crippen molar-refractivity contribution < 1.29 is 29.7 Å². The molecule has 3 N–H and O–H groups in total. The molecule has 0 saturated heterocycles. The predicted octanol–water partition coefficient (Wildman–Crippen LogP) is 4.17. The second-order valence-corrected chi connectivity index (χ2v) is 4.85. The van der Waals surface area contributed by atoms with E-state index in [9.17, 15) is 14.4 Å². The van der Waals surface area contributed by atoms with E-state index in [2.05, 4.69) is 6.92 Å². The quantitative estimate of drug-likeness (QED) is 0.521. The molecule has 0 heterocycles. The highest BCUT2D eigenvalue weighted by Gasteiger charge is 1.94. The van der Waals surface area contributed by atoms with Crippen LogP contribution in [-0.4, -0.2) is 33.2 Å². The van der Waals surface area contributed by atoms with Crippen molar-refractivity contribution in [1.82, 2.24) is 0 Å². The molecule has 0 amide bonds. The molecule has 0 radical (unpaired) electrons. The Kier molecular flexibility index (Phi) is 25.0. The van der Waals surface area contributed by atoms with Gasteiger partial charge in [0.2, 0.25) is 0 Å². The zero-order chi connectivity index (χ0) is 17.8. The van der Waals surface area contributed by atoms with Crippen LogP contribution in [0.15, 0.2) is 0 Å². The van der Waals surface area contributed by atoms with Crippen LogP contribution in [0.25, 0.3) is 0 Å². The minimum absolute atomic E-state index is 0.292. The van der Waals surface area contributed by atoms with E-state index in [1.165, 1.54) is 19.3 Å². The maximum atomic E-state index is 10.0. The first kappa shape index (κ1) is 25.4. The Morgan fingerprint density at radius 2 is 0.909 bits per heavy atom. The minimum atomic E-state index is -0.711. The molecule has 6 nitrogen and oxygen atoms in total. The van der Waals surface area contributed by atoms with Gasteiger partial charge in [0.25, 0.3) is 0 Å². The summed E-state index contributed by atoms with van der Waals surface area (Å²) in [7, 11) is 0.